The average molecular weight is 316 g/mol. The number of nitrogens with zero attached hydrogens (tertiary/aromatic N) is 5. The Morgan fingerprint density at radius 3 is 2.91 bits per heavy atom. The van der Waals surface area contributed by atoms with E-state index >= 15 is 0 Å². The standard InChI is InChI=1S/C16H24N6O/c1-10-7-5-6-8-22(10)16(23)11(2)18-14-13-9-17-21(4)15(13)20-12(3)19-14/h9-11H,5-8H2,1-4H3,(H,18,19,20). The molecular weight excluding hydrogens is 292 g/mol. The third kappa shape index (κ3) is 3.00. The molecule has 1 aliphatic heterocycles. The number of piperidine rings is 1. The fourth-order valence-electron chi connectivity index (χ4n) is 3.18. The minimum atomic E-state index is -0.326. The Kier molecular flexibility index (Phi) is 4.19. The van der Waals surface area contributed by atoms with Gasteiger partial charge in [-0.25, -0.2) is 9.97 Å². The lowest BCUT2D eigenvalue weighted by Crippen LogP contribution is -2.48. The maximum Gasteiger partial charge on any atom is 0.245 e. The van der Waals surface area contributed by atoms with Gasteiger partial charge in [0.05, 0.1) is 11.6 Å². The highest BCUT2D eigenvalue weighted by molar-refractivity contribution is 5.90. The quantitative estimate of drug-likeness (QED) is 0.935. The average Bonchev–Trinajstić information content (AvgIpc) is 2.88. The largest absolute Gasteiger partial charge is 0.358 e. The van der Waals surface area contributed by atoms with E-state index < -0.39 is 0 Å². The molecule has 0 saturated carbocycles. The number of hydrogen-bond acceptors (Lipinski definition) is 5. The van der Waals surface area contributed by atoms with Crippen LogP contribution in [0.25, 0.3) is 11.0 Å². The summed E-state index contributed by atoms with van der Waals surface area (Å²) in [5.41, 5.74) is 0.769. The molecule has 1 amide bonds. The molecule has 0 bridgehead atoms. The van der Waals surface area contributed by atoms with Gasteiger partial charge in [-0.1, -0.05) is 0 Å². The van der Waals surface area contributed by atoms with Crippen molar-refractivity contribution >= 4 is 22.8 Å². The van der Waals surface area contributed by atoms with Crippen molar-refractivity contribution in [3.05, 3.63) is 12.0 Å². The summed E-state index contributed by atoms with van der Waals surface area (Å²) in [6, 6.07) is -0.0145. The molecule has 3 rings (SSSR count). The molecule has 7 heteroatoms. The molecule has 0 spiro atoms. The second-order valence-electron chi connectivity index (χ2n) is 6.37. The van der Waals surface area contributed by atoms with E-state index in [1.54, 1.807) is 10.9 Å². The summed E-state index contributed by atoms with van der Waals surface area (Å²) in [6.45, 7) is 6.70. The topological polar surface area (TPSA) is 75.9 Å². The number of carbonyl (C=O) groups is 1. The van der Waals surface area contributed by atoms with Crippen LogP contribution >= 0.6 is 0 Å². The fourth-order valence-corrected chi connectivity index (χ4v) is 3.18. The lowest BCUT2D eigenvalue weighted by molar-refractivity contribution is -0.134. The van der Waals surface area contributed by atoms with Gasteiger partial charge in [0, 0.05) is 19.6 Å². The fraction of sp³-hybridized carbons (Fsp3) is 0.625. The van der Waals surface area contributed by atoms with E-state index in [9.17, 15) is 4.79 Å². The summed E-state index contributed by atoms with van der Waals surface area (Å²) in [5, 5.41) is 8.33. The van der Waals surface area contributed by atoms with E-state index in [0.717, 1.165) is 30.4 Å². The number of likely N-dealkylation sites (tertiary alicyclic amines) is 1. The van der Waals surface area contributed by atoms with E-state index in [1.807, 2.05) is 25.8 Å². The first-order valence-corrected chi connectivity index (χ1v) is 8.20. The Hall–Kier alpha value is -2.18. The molecule has 3 heterocycles. The van der Waals surface area contributed by atoms with Crippen molar-refractivity contribution in [3.63, 3.8) is 0 Å². The van der Waals surface area contributed by atoms with Crippen molar-refractivity contribution in [2.24, 2.45) is 7.05 Å². The van der Waals surface area contributed by atoms with Crippen LogP contribution in [-0.2, 0) is 11.8 Å². The molecule has 2 aromatic heterocycles. The van der Waals surface area contributed by atoms with Crippen molar-refractivity contribution in [2.45, 2.75) is 52.1 Å². The summed E-state index contributed by atoms with van der Waals surface area (Å²) in [7, 11) is 1.85. The summed E-state index contributed by atoms with van der Waals surface area (Å²) in [6.07, 6.45) is 5.10. The van der Waals surface area contributed by atoms with Crippen molar-refractivity contribution in [1.82, 2.24) is 24.6 Å². The summed E-state index contributed by atoms with van der Waals surface area (Å²) in [4.78, 5) is 23.6. The minimum absolute atomic E-state index is 0.130. The molecule has 0 aliphatic carbocycles. The second-order valence-corrected chi connectivity index (χ2v) is 6.37. The lowest BCUT2D eigenvalue weighted by Gasteiger charge is -2.35. The Morgan fingerprint density at radius 2 is 2.17 bits per heavy atom. The maximum atomic E-state index is 12.7. The van der Waals surface area contributed by atoms with Crippen molar-refractivity contribution in [3.8, 4) is 0 Å². The molecular formula is C16H24N6O. The Morgan fingerprint density at radius 1 is 1.39 bits per heavy atom. The highest BCUT2D eigenvalue weighted by atomic mass is 16.2. The SMILES string of the molecule is Cc1nc(NC(C)C(=O)N2CCCCC2C)c2cnn(C)c2n1. The third-order valence-corrected chi connectivity index (χ3v) is 4.51. The van der Waals surface area contributed by atoms with Crippen LogP contribution in [0, 0.1) is 6.92 Å². The zero-order chi connectivity index (χ0) is 16.6. The van der Waals surface area contributed by atoms with Crippen molar-refractivity contribution in [2.75, 3.05) is 11.9 Å². The van der Waals surface area contributed by atoms with E-state index in [1.165, 1.54) is 6.42 Å². The smallest absolute Gasteiger partial charge is 0.245 e. The number of fused-ring (bicyclic) bond motifs is 1. The number of amides is 1. The predicted molar refractivity (Wildman–Crippen MR) is 89.2 cm³/mol. The zero-order valence-corrected chi connectivity index (χ0v) is 14.2. The van der Waals surface area contributed by atoms with Gasteiger partial charge in [-0.3, -0.25) is 9.48 Å². The first kappa shape index (κ1) is 15.7. The van der Waals surface area contributed by atoms with Gasteiger partial charge in [0.25, 0.3) is 0 Å². The number of carbonyl (C=O) groups excluding carboxylic acids is 1. The number of aryl methyl sites for hydroxylation is 2. The Balaban J connectivity index is 1.82. The molecule has 124 valence electrons. The highest BCUT2D eigenvalue weighted by Crippen LogP contribution is 2.22. The van der Waals surface area contributed by atoms with Crippen LogP contribution in [0.2, 0.25) is 0 Å². The van der Waals surface area contributed by atoms with Crippen LogP contribution in [0.15, 0.2) is 6.20 Å². The van der Waals surface area contributed by atoms with E-state index in [2.05, 4.69) is 27.3 Å². The van der Waals surface area contributed by atoms with E-state index in [0.29, 0.717) is 17.7 Å². The van der Waals surface area contributed by atoms with Crippen LogP contribution in [0.4, 0.5) is 5.82 Å². The van der Waals surface area contributed by atoms with Gasteiger partial charge in [-0.15, -0.1) is 0 Å². The zero-order valence-electron chi connectivity index (χ0n) is 14.2. The van der Waals surface area contributed by atoms with Crippen LogP contribution in [0.1, 0.15) is 38.9 Å². The summed E-state index contributed by atoms with van der Waals surface area (Å²) >= 11 is 0. The minimum Gasteiger partial charge on any atom is -0.358 e. The van der Waals surface area contributed by atoms with Gasteiger partial charge in [-0.05, 0) is 40.0 Å². The maximum absolute atomic E-state index is 12.7. The van der Waals surface area contributed by atoms with E-state index in [4.69, 9.17) is 0 Å². The summed E-state index contributed by atoms with van der Waals surface area (Å²) < 4.78 is 1.72. The lowest BCUT2D eigenvalue weighted by atomic mass is 10.0. The van der Waals surface area contributed by atoms with E-state index in [-0.39, 0.29) is 11.9 Å². The molecule has 2 atom stereocenters. The molecule has 1 fully saturated rings. The highest BCUT2D eigenvalue weighted by Gasteiger charge is 2.27. The van der Waals surface area contributed by atoms with Gasteiger partial charge in [0.1, 0.15) is 17.7 Å². The first-order chi connectivity index (χ1) is 11.0. The van der Waals surface area contributed by atoms with Crippen LogP contribution < -0.4 is 5.32 Å². The number of anilines is 1. The van der Waals surface area contributed by atoms with Gasteiger partial charge in [-0.2, -0.15) is 5.10 Å². The number of rotatable bonds is 3. The normalized spacial score (nSPS) is 19.8. The molecule has 1 saturated heterocycles. The molecule has 7 nitrogen and oxygen atoms in total. The van der Waals surface area contributed by atoms with Crippen LogP contribution in [0.5, 0.6) is 0 Å². The summed E-state index contributed by atoms with van der Waals surface area (Å²) in [5.74, 6) is 1.46. The molecule has 0 aromatic carbocycles. The number of aromatic nitrogens is 4. The first-order valence-electron chi connectivity index (χ1n) is 8.20. The van der Waals surface area contributed by atoms with Gasteiger partial charge < -0.3 is 10.2 Å². The molecule has 2 unspecified atom stereocenters. The van der Waals surface area contributed by atoms with Crippen molar-refractivity contribution in [1.29, 1.82) is 0 Å². The Labute approximate surface area is 136 Å². The molecule has 0 radical (unpaired) electrons. The van der Waals surface area contributed by atoms with Gasteiger partial charge >= 0.3 is 0 Å². The predicted octanol–water partition coefficient (Wildman–Crippen LogP) is 1.87. The second kappa shape index (κ2) is 6.14. The number of nitrogens with one attached hydrogen (secondary N) is 1. The van der Waals surface area contributed by atoms with Crippen LogP contribution in [-0.4, -0.2) is 49.2 Å². The third-order valence-electron chi connectivity index (χ3n) is 4.51. The molecule has 23 heavy (non-hydrogen) atoms. The monoisotopic (exact) mass is 316 g/mol. The molecule has 2 aromatic rings. The van der Waals surface area contributed by atoms with Gasteiger partial charge in [0.2, 0.25) is 5.91 Å². The molecule has 1 aliphatic rings. The van der Waals surface area contributed by atoms with Crippen molar-refractivity contribution < 1.29 is 4.79 Å². The van der Waals surface area contributed by atoms with Gasteiger partial charge in [0.15, 0.2) is 5.65 Å². The Bertz CT molecular complexity index is 725. The molecule has 1 N–H and O–H groups in total. The van der Waals surface area contributed by atoms with Crippen LogP contribution in [0.3, 0.4) is 0 Å². The number of hydrogen-bond donors (Lipinski definition) is 1.